The van der Waals surface area contributed by atoms with Crippen LogP contribution in [0.15, 0.2) is 59.5 Å². The largest absolute Gasteiger partial charge is 0.338 e. The molecule has 0 aliphatic heterocycles. The van der Waals surface area contributed by atoms with Gasteiger partial charge in [-0.3, -0.25) is 9.59 Å². The molecule has 0 atom stereocenters. The summed E-state index contributed by atoms with van der Waals surface area (Å²) in [4.78, 5) is 24.2. The van der Waals surface area contributed by atoms with E-state index in [0.29, 0.717) is 16.1 Å². The van der Waals surface area contributed by atoms with Crippen molar-refractivity contribution in [2.24, 2.45) is 0 Å². The first-order valence-corrected chi connectivity index (χ1v) is 7.56. The molecular weight excluding hydrogens is 312 g/mol. The van der Waals surface area contributed by atoms with E-state index in [1.807, 2.05) is 25.1 Å². The number of fused-ring (bicyclic) bond motifs is 1. The summed E-state index contributed by atoms with van der Waals surface area (Å²) >= 11 is 5.82. The Balaban J connectivity index is 1.86. The van der Waals surface area contributed by atoms with Crippen molar-refractivity contribution in [3.63, 3.8) is 0 Å². The van der Waals surface area contributed by atoms with E-state index >= 15 is 0 Å². The fourth-order valence-electron chi connectivity index (χ4n) is 2.45. The standard InChI is InChI=1S/C18H15ClN2O2/c1-12-2-7-16-15(10-12)17(22)8-9-21(16)11-18(23)20-14-5-3-13(19)4-6-14/h2-10H,11H2,1H3,(H,20,23). The van der Waals surface area contributed by atoms with Crippen LogP contribution in [0.4, 0.5) is 5.69 Å². The molecule has 0 spiro atoms. The molecule has 0 fully saturated rings. The molecule has 0 aliphatic carbocycles. The summed E-state index contributed by atoms with van der Waals surface area (Å²) < 4.78 is 1.77. The van der Waals surface area contributed by atoms with E-state index in [1.54, 1.807) is 35.0 Å². The van der Waals surface area contributed by atoms with Crippen LogP contribution in [0, 0.1) is 6.92 Å². The number of pyridine rings is 1. The summed E-state index contributed by atoms with van der Waals surface area (Å²) in [5, 5.41) is 4.04. The Morgan fingerprint density at radius 1 is 1.13 bits per heavy atom. The van der Waals surface area contributed by atoms with Gasteiger partial charge in [0.1, 0.15) is 6.54 Å². The molecule has 3 aromatic rings. The number of rotatable bonds is 3. The molecule has 116 valence electrons. The monoisotopic (exact) mass is 326 g/mol. The summed E-state index contributed by atoms with van der Waals surface area (Å²) in [6.45, 7) is 2.06. The van der Waals surface area contributed by atoms with E-state index in [4.69, 9.17) is 11.6 Å². The second kappa shape index (κ2) is 6.26. The number of hydrogen-bond donors (Lipinski definition) is 1. The lowest BCUT2D eigenvalue weighted by Crippen LogP contribution is -2.20. The molecule has 0 aliphatic rings. The van der Waals surface area contributed by atoms with Gasteiger partial charge in [0.15, 0.2) is 5.43 Å². The normalized spacial score (nSPS) is 10.7. The Labute approximate surface area is 138 Å². The van der Waals surface area contributed by atoms with Gasteiger partial charge in [-0.25, -0.2) is 0 Å². The molecule has 23 heavy (non-hydrogen) atoms. The fraction of sp³-hybridized carbons (Fsp3) is 0.111. The smallest absolute Gasteiger partial charge is 0.244 e. The Bertz CT molecular complexity index is 930. The third-order valence-electron chi connectivity index (χ3n) is 3.57. The number of anilines is 1. The van der Waals surface area contributed by atoms with Crippen LogP contribution in [0.2, 0.25) is 5.02 Å². The summed E-state index contributed by atoms with van der Waals surface area (Å²) in [7, 11) is 0. The minimum absolute atomic E-state index is 0.0435. The zero-order chi connectivity index (χ0) is 16.4. The lowest BCUT2D eigenvalue weighted by atomic mass is 10.1. The van der Waals surface area contributed by atoms with Gasteiger partial charge in [-0.1, -0.05) is 23.2 Å². The van der Waals surface area contributed by atoms with Crippen LogP contribution in [0.3, 0.4) is 0 Å². The molecule has 2 aromatic carbocycles. The van der Waals surface area contributed by atoms with Gasteiger partial charge in [-0.05, 0) is 43.3 Å². The number of nitrogens with one attached hydrogen (secondary N) is 1. The zero-order valence-electron chi connectivity index (χ0n) is 12.5. The van der Waals surface area contributed by atoms with Gasteiger partial charge < -0.3 is 9.88 Å². The minimum Gasteiger partial charge on any atom is -0.338 e. The lowest BCUT2D eigenvalue weighted by Gasteiger charge is -2.11. The molecule has 4 nitrogen and oxygen atoms in total. The van der Waals surface area contributed by atoms with E-state index < -0.39 is 0 Å². The quantitative estimate of drug-likeness (QED) is 0.799. The number of nitrogens with zero attached hydrogens (tertiary/aromatic N) is 1. The molecule has 3 rings (SSSR count). The first-order valence-electron chi connectivity index (χ1n) is 7.18. The topological polar surface area (TPSA) is 51.1 Å². The van der Waals surface area contributed by atoms with Crippen molar-refractivity contribution in [1.29, 1.82) is 0 Å². The van der Waals surface area contributed by atoms with Crippen molar-refractivity contribution >= 4 is 34.1 Å². The maximum atomic E-state index is 12.2. The van der Waals surface area contributed by atoms with Crippen molar-refractivity contribution in [3.8, 4) is 0 Å². The molecule has 1 amide bonds. The van der Waals surface area contributed by atoms with Crippen molar-refractivity contribution < 1.29 is 4.79 Å². The zero-order valence-corrected chi connectivity index (χ0v) is 13.3. The number of benzene rings is 2. The SMILES string of the molecule is Cc1ccc2c(c1)c(=O)ccn2CC(=O)Nc1ccc(Cl)cc1. The molecule has 0 unspecified atom stereocenters. The summed E-state index contributed by atoms with van der Waals surface area (Å²) in [5.74, 6) is -0.169. The summed E-state index contributed by atoms with van der Waals surface area (Å²) in [6.07, 6.45) is 1.64. The van der Waals surface area contributed by atoms with Crippen LogP contribution in [0.5, 0.6) is 0 Å². The first-order chi connectivity index (χ1) is 11.0. The molecule has 1 aromatic heterocycles. The third kappa shape index (κ3) is 3.43. The molecule has 1 heterocycles. The highest BCUT2D eigenvalue weighted by atomic mass is 35.5. The molecule has 0 saturated carbocycles. The van der Waals surface area contributed by atoms with Gasteiger partial charge in [0.25, 0.3) is 0 Å². The number of carbonyl (C=O) groups excluding carboxylic acids is 1. The highest BCUT2D eigenvalue weighted by molar-refractivity contribution is 6.30. The predicted molar refractivity (Wildman–Crippen MR) is 93.0 cm³/mol. The van der Waals surface area contributed by atoms with Crippen LogP contribution in [-0.4, -0.2) is 10.5 Å². The number of aryl methyl sites for hydroxylation is 1. The van der Waals surface area contributed by atoms with E-state index in [1.165, 1.54) is 6.07 Å². The van der Waals surface area contributed by atoms with Crippen molar-refractivity contribution in [2.75, 3.05) is 5.32 Å². The minimum atomic E-state index is -0.169. The Kier molecular flexibility index (Phi) is 4.17. The molecule has 5 heteroatoms. The first kappa shape index (κ1) is 15.3. The molecule has 0 saturated heterocycles. The average molecular weight is 327 g/mol. The highest BCUT2D eigenvalue weighted by Crippen LogP contribution is 2.15. The number of carbonyl (C=O) groups is 1. The Morgan fingerprint density at radius 3 is 2.61 bits per heavy atom. The predicted octanol–water partition coefficient (Wildman–Crippen LogP) is 3.60. The summed E-state index contributed by atoms with van der Waals surface area (Å²) in [5.41, 5.74) is 2.39. The second-order valence-corrected chi connectivity index (χ2v) is 5.82. The van der Waals surface area contributed by atoms with Crippen molar-refractivity contribution in [3.05, 3.63) is 75.5 Å². The Hall–Kier alpha value is -2.59. The number of halogens is 1. The van der Waals surface area contributed by atoms with Gasteiger partial charge in [-0.15, -0.1) is 0 Å². The molecule has 0 radical (unpaired) electrons. The van der Waals surface area contributed by atoms with Gasteiger partial charge in [0.2, 0.25) is 5.91 Å². The maximum absolute atomic E-state index is 12.2. The molecule has 1 N–H and O–H groups in total. The number of amides is 1. The van der Waals surface area contributed by atoms with Crippen LogP contribution < -0.4 is 10.7 Å². The molecular formula is C18H15ClN2O2. The Morgan fingerprint density at radius 2 is 1.87 bits per heavy atom. The van der Waals surface area contributed by atoms with Crippen molar-refractivity contribution in [2.45, 2.75) is 13.5 Å². The van der Waals surface area contributed by atoms with Gasteiger partial charge in [-0.2, -0.15) is 0 Å². The van der Waals surface area contributed by atoms with Crippen LogP contribution in [0.25, 0.3) is 10.9 Å². The number of hydrogen-bond acceptors (Lipinski definition) is 2. The third-order valence-corrected chi connectivity index (χ3v) is 3.83. The van der Waals surface area contributed by atoms with Crippen LogP contribution in [0.1, 0.15) is 5.56 Å². The van der Waals surface area contributed by atoms with Gasteiger partial charge in [0, 0.05) is 28.4 Å². The average Bonchev–Trinajstić information content (AvgIpc) is 2.52. The van der Waals surface area contributed by atoms with Gasteiger partial charge >= 0.3 is 0 Å². The second-order valence-electron chi connectivity index (χ2n) is 5.38. The van der Waals surface area contributed by atoms with Crippen molar-refractivity contribution in [1.82, 2.24) is 4.57 Å². The van der Waals surface area contributed by atoms with Gasteiger partial charge in [0.05, 0.1) is 5.52 Å². The van der Waals surface area contributed by atoms with E-state index in [2.05, 4.69) is 5.32 Å². The van der Waals surface area contributed by atoms with E-state index in [-0.39, 0.29) is 17.9 Å². The van der Waals surface area contributed by atoms with E-state index in [0.717, 1.165) is 11.1 Å². The fourth-order valence-corrected chi connectivity index (χ4v) is 2.58. The van der Waals surface area contributed by atoms with Crippen LogP contribution >= 0.6 is 11.6 Å². The van der Waals surface area contributed by atoms with Crippen LogP contribution in [-0.2, 0) is 11.3 Å². The summed E-state index contributed by atoms with van der Waals surface area (Å²) in [6, 6.07) is 14.0. The highest BCUT2D eigenvalue weighted by Gasteiger charge is 2.07. The lowest BCUT2D eigenvalue weighted by molar-refractivity contribution is -0.116. The maximum Gasteiger partial charge on any atom is 0.244 e. The number of aromatic nitrogens is 1. The molecule has 0 bridgehead atoms. The van der Waals surface area contributed by atoms with E-state index in [9.17, 15) is 9.59 Å².